The molecule has 0 aliphatic carbocycles. The second-order valence-corrected chi connectivity index (χ2v) is 4.56. The van der Waals surface area contributed by atoms with Gasteiger partial charge in [-0.15, -0.1) is 0 Å². The van der Waals surface area contributed by atoms with Crippen molar-refractivity contribution in [2.75, 3.05) is 20.2 Å². The lowest BCUT2D eigenvalue weighted by Crippen LogP contribution is -2.33. The Labute approximate surface area is 107 Å². The van der Waals surface area contributed by atoms with Crippen LogP contribution in [0.5, 0.6) is 11.5 Å². The zero-order valence-corrected chi connectivity index (χ0v) is 10.6. The summed E-state index contributed by atoms with van der Waals surface area (Å²) in [7, 11) is 1.51. The van der Waals surface area contributed by atoms with Crippen LogP contribution in [-0.2, 0) is 0 Å². The quantitative estimate of drug-likeness (QED) is 0.890. The van der Waals surface area contributed by atoms with E-state index in [2.05, 4.69) is 11.0 Å². The normalized spacial score (nSPS) is 18.0. The number of hydrogen-bond donors (Lipinski definition) is 1. The summed E-state index contributed by atoms with van der Waals surface area (Å²) in [5.41, 5.74) is 0.883. The van der Waals surface area contributed by atoms with Crippen LogP contribution in [0.3, 0.4) is 0 Å². The number of hydrogen-bond acceptors (Lipinski definition) is 4. The number of rotatable bonds is 3. The first-order valence-corrected chi connectivity index (χ1v) is 6.27. The molecule has 0 bridgehead atoms. The highest BCUT2D eigenvalue weighted by atomic mass is 16.5. The van der Waals surface area contributed by atoms with Crippen LogP contribution in [0, 0.1) is 11.3 Å². The molecule has 1 atom stereocenters. The maximum atomic E-state index is 9.58. The summed E-state index contributed by atoms with van der Waals surface area (Å²) in [5, 5.41) is 18.9. The van der Waals surface area contributed by atoms with E-state index in [1.165, 1.54) is 13.5 Å². The van der Waals surface area contributed by atoms with Gasteiger partial charge in [0.25, 0.3) is 0 Å². The molecule has 96 valence electrons. The summed E-state index contributed by atoms with van der Waals surface area (Å²) in [5.74, 6) is 0.529. The molecule has 0 aromatic heterocycles. The molecule has 1 aromatic carbocycles. The topological polar surface area (TPSA) is 56.5 Å². The molecule has 18 heavy (non-hydrogen) atoms. The van der Waals surface area contributed by atoms with Gasteiger partial charge in [0.1, 0.15) is 6.04 Å². The molecule has 1 fully saturated rings. The van der Waals surface area contributed by atoms with Gasteiger partial charge in [0.15, 0.2) is 11.5 Å². The highest BCUT2D eigenvalue weighted by molar-refractivity contribution is 5.43. The molecule has 1 aliphatic rings. The Morgan fingerprint density at radius 1 is 1.33 bits per heavy atom. The van der Waals surface area contributed by atoms with E-state index in [4.69, 9.17) is 4.74 Å². The number of phenolic OH excluding ortho intramolecular Hbond substituents is 1. The van der Waals surface area contributed by atoms with E-state index in [0.29, 0.717) is 5.75 Å². The monoisotopic (exact) mass is 246 g/mol. The number of piperidine rings is 1. The molecule has 1 N–H and O–H groups in total. The van der Waals surface area contributed by atoms with Crippen LogP contribution in [0.1, 0.15) is 30.9 Å². The zero-order valence-electron chi connectivity index (χ0n) is 10.6. The summed E-state index contributed by atoms with van der Waals surface area (Å²) < 4.78 is 5.09. The number of aromatic hydroxyl groups is 1. The largest absolute Gasteiger partial charge is 0.504 e. The van der Waals surface area contributed by atoms with Crippen molar-refractivity contribution < 1.29 is 9.84 Å². The minimum Gasteiger partial charge on any atom is -0.504 e. The van der Waals surface area contributed by atoms with Crippen LogP contribution >= 0.6 is 0 Å². The standard InChI is InChI=1S/C14H18N2O2/c1-18-14-9-11(5-6-13(14)17)12(10-15)16-7-3-2-4-8-16/h5-6,9,12,17H,2-4,7-8H2,1H3/t12-/m0/s1. The fourth-order valence-corrected chi connectivity index (χ4v) is 2.41. The van der Waals surface area contributed by atoms with Crippen LogP contribution in [0.15, 0.2) is 18.2 Å². The van der Waals surface area contributed by atoms with Crippen molar-refractivity contribution >= 4 is 0 Å². The molecule has 1 saturated heterocycles. The number of likely N-dealkylation sites (tertiary alicyclic amines) is 1. The number of methoxy groups -OCH3 is 1. The zero-order chi connectivity index (χ0) is 13.0. The summed E-state index contributed by atoms with van der Waals surface area (Å²) in [6.07, 6.45) is 3.54. The molecular weight excluding hydrogens is 228 g/mol. The van der Waals surface area contributed by atoms with Gasteiger partial charge >= 0.3 is 0 Å². The minimum atomic E-state index is -0.250. The summed E-state index contributed by atoms with van der Waals surface area (Å²) in [6.45, 7) is 1.92. The lowest BCUT2D eigenvalue weighted by Gasteiger charge is -2.30. The van der Waals surface area contributed by atoms with Crippen LogP contribution in [0.4, 0.5) is 0 Å². The summed E-state index contributed by atoms with van der Waals surface area (Å²) in [4.78, 5) is 2.19. The number of ether oxygens (including phenoxy) is 1. The molecule has 1 aliphatic heterocycles. The average molecular weight is 246 g/mol. The van der Waals surface area contributed by atoms with Gasteiger partial charge in [-0.1, -0.05) is 12.5 Å². The van der Waals surface area contributed by atoms with Crippen LogP contribution in [0.25, 0.3) is 0 Å². The highest BCUT2D eigenvalue weighted by Crippen LogP contribution is 2.31. The van der Waals surface area contributed by atoms with E-state index in [-0.39, 0.29) is 11.8 Å². The van der Waals surface area contributed by atoms with Crippen molar-refractivity contribution in [3.8, 4) is 17.6 Å². The highest BCUT2D eigenvalue weighted by Gasteiger charge is 2.22. The fraction of sp³-hybridized carbons (Fsp3) is 0.500. The number of phenols is 1. The molecule has 1 aromatic rings. The second kappa shape index (κ2) is 5.74. The summed E-state index contributed by atoms with van der Waals surface area (Å²) >= 11 is 0. The van der Waals surface area contributed by atoms with E-state index >= 15 is 0 Å². The van der Waals surface area contributed by atoms with Gasteiger partial charge in [0.05, 0.1) is 13.2 Å². The van der Waals surface area contributed by atoms with Crippen molar-refractivity contribution in [3.05, 3.63) is 23.8 Å². The van der Waals surface area contributed by atoms with Gasteiger partial charge in [-0.2, -0.15) is 5.26 Å². The molecule has 4 heteroatoms. The first-order chi connectivity index (χ1) is 8.76. The Morgan fingerprint density at radius 2 is 2.06 bits per heavy atom. The molecule has 0 spiro atoms. The third kappa shape index (κ3) is 2.57. The Balaban J connectivity index is 2.24. The van der Waals surface area contributed by atoms with E-state index in [9.17, 15) is 10.4 Å². The SMILES string of the molecule is COc1cc([C@H](C#N)N2CCCCC2)ccc1O. The van der Waals surface area contributed by atoms with E-state index in [0.717, 1.165) is 31.5 Å². The lowest BCUT2D eigenvalue weighted by molar-refractivity contribution is 0.196. The molecule has 1 heterocycles. The van der Waals surface area contributed by atoms with Crippen LogP contribution in [0.2, 0.25) is 0 Å². The molecule has 0 unspecified atom stereocenters. The number of benzene rings is 1. The van der Waals surface area contributed by atoms with Crippen molar-refractivity contribution in [3.63, 3.8) is 0 Å². The fourth-order valence-electron chi connectivity index (χ4n) is 2.41. The van der Waals surface area contributed by atoms with Crippen molar-refractivity contribution in [1.82, 2.24) is 4.90 Å². The number of nitrogens with zero attached hydrogens (tertiary/aromatic N) is 2. The third-order valence-corrected chi connectivity index (χ3v) is 3.40. The molecular formula is C14H18N2O2. The molecule has 0 saturated carbocycles. The van der Waals surface area contributed by atoms with Crippen molar-refractivity contribution in [1.29, 1.82) is 5.26 Å². The van der Waals surface area contributed by atoms with Crippen LogP contribution < -0.4 is 4.74 Å². The van der Waals surface area contributed by atoms with Gasteiger partial charge < -0.3 is 9.84 Å². The molecule has 0 radical (unpaired) electrons. The first kappa shape index (κ1) is 12.7. The van der Waals surface area contributed by atoms with Gasteiger partial charge in [0.2, 0.25) is 0 Å². The van der Waals surface area contributed by atoms with Crippen molar-refractivity contribution in [2.45, 2.75) is 25.3 Å². The van der Waals surface area contributed by atoms with Crippen molar-refractivity contribution in [2.24, 2.45) is 0 Å². The van der Waals surface area contributed by atoms with E-state index in [1.54, 1.807) is 18.2 Å². The molecule has 0 amide bonds. The van der Waals surface area contributed by atoms with Gasteiger partial charge in [-0.25, -0.2) is 0 Å². The third-order valence-electron chi connectivity index (χ3n) is 3.40. The molecule has 2 rings (SSSR count). The summed E-state index contributed by atoms with van der Waals surface area (Å²) in [6, 6.07) is 7.22. The first-order valence-electron chi connectivity index (χ1n) is 6.27. The smallest absolute Gasteiger partial charge is 0.160 e. The van der Waals surface area contributed by atoms with Crippen LogP contribution in [-0.4, -0.2) is 30.2 Å². The maximum absolute atomic E-state index is 9.58. The Kier molecular flexibility index (Phi) is 4.06. The maximum Gasteiger partial charge on any atom is 0.160 e. The average Bonchev–Trinajstić information content (AvgIpc) is 2.42. The predicted octanol–water partition coefficient (Wildman–Crippen LogP) is 2.45. The lowest BCUT2D eigenvalue weighted by atomic mass is 10.0. The number of nitriles is 1. The minimum absolute atomic E-state index is 0.108. The Morgan fingerprint density at radius 3 is 2.67 bits per heavy atom. The Bertz CT molecular complexity index is 448. The van der Waals surface area contributed by atoms with Gasteiger partial charge in [-0.05, 0) is 43.6 Å². The Hall–Kier alpha value is -1.73. The second-order valence-electron chi connectivity index (χ2n) is 4.56. The molecule has 4 nitrogen and oxygen atoms in total. The van der Waals surface area contributed by atoms with E-state index in [1.807, 2.05) is 0 Å². The van der Waals surface area contributed by atoms with Gasteiger partial charge in [0, 0.05) is 0 Å². The van der Waals surface area contributed by atoms with E-state index < -0.39 is 0 Å². The predicted molar refractivity (Wildman–Crippen MR) is 68.4 cm³/mol. The van der Waals surface area contributed by atoms with Gasteiger partial charge in [-0.3, -0.25) is 4.90 Å².